The van der Waals surface area contributed by atoms with E-state index in [1.807, 2.05) is 25.1 Å². The maximum atomic E-state index is 12.0. The van der Waals surface area contributed by atoms with Crippen molar-refractivity contribution in [1.29, 1.82) is 0 Å². The molecule has 0 aliphatic carbocycles. The number of aryl methyl sites for hydroxylation is 1. The first-order valence-electron chi connectivity index (χ1n) is 6.51. The monoisotopic (exact) mass is 234 g/mol. The number of ketones is 1. The van der Waals surface area contributed by atoms with Gasteiger partial charge in [-0.3, -0.25) is 4.79 Å². The van der Waals surface area contributed by atoms with Crippen molar-refractivity contribution in [3.05, 3.63) is 29.3 Å². The molecule has 17 heavy (non-hydrogen) atoms. The van der Waals surface area contributed by atoms with E-state index >= 15 is 0 Å². The van der Waals surface area contributed by atoms with Crippen molar-refractivity contribution >= 4 is 5.78 Å². The van der Waals surface area contributed by atoms with Gasteiger partial charge in [-0.05, 0) is 43.5 Å². The van der Waals surface area contributed by atoms with Gasteiger partial charge in [0.05, 0.1) is 6.61 Å². The van der Waals surface area contributed by atoms with Gasteiger partial charge in [-0.1, -0.05) is 20.3 Å². The van der Waals surface area contributed by atoms with Crippen LogP contribution in [0.1, 0.15) is 56.0 Å². The van der Waals surface area contributed by atoms with Crippen molar-refractivity contribution in [1.82, 2.24) is 0 Å². The van der Waals surface area contributed by atoms with E-state index in [1.165, 1.54) is 0 Å². The SMILES string of the molecule is CCCCC(=O)c1ccc(OCC)cc1CC. The molecule has 0 fully saturated rings. The first-order valence-corrected chi connectivity index (χ1v) is 6.51. The summed E-state index contributed by atoms with van der Waals surface area (Å²) in [6.45, 7) is 6.80. The molecule has 1 aromatic rings. The minimum absolute atomic E-state index is 0.256. The van der Waals surface area contributed by atoms with E-state index in [-0.39, 0.29) is 5.78 Å². The number of carbonyl (C=O) groups is 1. The molecule has 0 heterocycles. The van der Waals surface area contributed by atoms with Gasteiger partial charge in [0.25, 0.3) is 0 Å². The molecule has 0 aliphatic heterocycles. The molecule has 0 radical (unpaired) electrons. The van der Waals surface area contributed by atoms with Gasteiger partial charge in [0, 0.05) is 12.0 Å². The minimum Gasteiger partial charge on any atom is -0.494 e. The Morgan fingerprint density at radius 1 is 1.24 bits per heavy atom. The van der Waals surface area contributed by atoms with Gasteiger partial charge < -0.3 is 4.74 Å². The lowest BCUT2D eigenvalue weighted by atomic mass is 9.98. The molecule has 0 aliphatic rings. The standard InChI is InChI=1S/C15H22O2/c1-4-7-8-15(16)14-10-9-13(17-6-3)11-12(14)5-2/h9-11H,4-8H2,1-3H3. The van der Waals surface area contributed by atoms with Gasteiger partial charge >= 0.3 is 0 Å². The molecule has 0 atom stereocenters. The number of Topliss-reactive ketones (excluding diaryl/α,β-unsaturated/α-hetero) is 1. The summed E-state index contributed by atoms with van der Waals surface area (Å²) in [5, 5.41) is 0. The molecule has 1 rings (SSSR count). The third kappa shape index (κ3) is 3.88. The summed E-state index contributed by atoms with van der Waals surface area (Å²) < 4.78 is 5.45. The third-order valence-electron chi connectivity index (χ3n) is 2.83. The number of rotatable bonds is 7. The van der Waals surface area contributed by atoms with E-state index < -0.39 is 0 Å². The Balaban J connectivity index is 2.87. The smallest absolute Gasteiger partial charge is 0.163 e. The molecule has 0 saturated carbocycles. The van der Waals surface area contributed by atoms with E-state index in [0.717, 1.165) is 36.1 Å². The predicted octanol–water partition coefficient (Wildman–Crippen LogP) is 4.02. The Kier molecular flexibility index (Phi) is 5.75. The lowest BCUT2D eigenvalue weighted by Crippen LogP contribution is -2.04. The molecular formula is C15H22O2. The van der Waals surface area contributed by atoms with E-state index in [0.29, 0.717) is 13.0 Å². The molecule has 0 unspecified atom stereocenters. The fourth-order valence-electron chi connectivity index (χ4n) is 1.86. The van der Waals surface area contributed by atoms with Crippen molar-refractivity contribution in [2.45, 2.75) is 46.5 Å². The number of ether oxygens (including phenoxy) is 1. The quantitative estimate of drug-likeness (QED) is 0.666. The molecule has 2 heteroatoms. The van der Waals surface area contributed by atoms with Gasteiger partial charge in [-0.15, -0.1) is 0 Å². The van der Waals surface area contributed by atoms with Crippen LogP contribution in [0, 0.1) is 0 Å². The van der Waals surface area contributed by atoms with E-state index in [4.69, 9.17) is 4.74 Å². The lowest BCUT2D eigenvalue weighted by molar-refractivity contribution is 0.0979. The molecule has 0 N–H and O–H groups in total. The normalized spacial score (nSPS) is 10.3. The third-order valence-corrected chi connectivity index (χ3v) is 2.83. The summed E-state index contributed by atoms with van der Waals surface area (Å²) in [5.74, 6) is 1.11. The second-order valence-corrected chi connectivity index (χ2v) is 4.13. The van der Waals surface area contributed by atoms with Crippen LogP contribution in [0.3, 0.4) is 0 Å². The molecule has 0 saturated heterocycles. The largest absolute Gasteiger partial charge is 0.494 e. The lowest BCUT2D eigenvalue weighted by Gasteiger charge is -2.10. The summed E-state index contributed by atoms with van der Waals surface area (Å²) in [6.07, 6.45) is 3.55. The second-order valence-electron chi connectivity index (χ2n) is 4.13. The highest BCUT2D eigenvalue weighted by Crippen LogP contribution is 2.20. The molecule has 2 nitrogen and oxygen atoms in total. The number of unbranched alkanes of at least 4 members (excludes halogenated alkanes) is 1. The predicted molar refractivity (Wildman–Crippen MR) is 70.8 cm³/mol. The fourth-order valence-corrected chi connectivity index (χ4v) is 1.86. The summed E-state index contributed by atoms with van der Waals surface area (Å²) >= 11 is 0. The zero-order valence-corrected chi connectivity index (χ0v) is 11.1. The second kappa shape index (κ2) is 7.10. The van der Waals surface area contributed by atoms with Crippen LogP contribution in [0.15, 0.2) is 18.2 Å². The van der Waals surface area contributed by atoms with Gasteiger partial charge in [0.2, 0.25) is 0 Å². The van der Waals surface area contributed by atoms with Crippen LogP contribution in [0.25, 0.3) is 0 Å². The summed E-state index contributed by atoms with van der Waals surface area (Å²) in [6, 6.07) is 5.78. The topological polar surface area (TPSA) is 26.3 Å². The first-order chi connectivity index (χ1) is 8.22. The Morgan fingerprint density at radius 2 is 2.00 bits per heavy atom. The average molecular weight is 234 g/mol. The van der Waals surface area contributed by atoms with Crippen molar-refractivity contribution in [2.24, 2.45) is 0 Å². The number of hydrogen-bond donors (Lipinski definition) is 0. The van der Waals surface area contributed by atoms with Crippen molar-refractivity contribution in [2.75, 3.05) is 6.61 Å². The summed E-state index contributed by atoms with van der Waals surface area (Å²) in [5.41, 5.74) is 1.96. The molecule has 0 spiro atoms. The molecule has 0 bridgehead atoms. The van der Waals surface area contributed by atoms with E-state index in [1.54, 1.807) is 0 Å². The molecule has 94 valence electrons. The number of benzene rings is 1. The summed E-state index contributed by atoms with van der Waals surface area (Å²) in [4.78, 5) is 12.0. The van der Waals surface area contributed by atoms with Crippen molar-refractivity contribution in [3.8, 4) is 5.75 Å². The van der Waals surface area contributed by atoms with Crippen LogP contribution in [0.2, 0.25) is 0 Å². The maximum absolute atomic E-state index is 12.0. The molecule has 0 amide bonds. The van der Waals surface area contributed by atoms with E-state index in [2.05, 4.69) is 13.8 Å². The zero-order chi connectivity index (χ0) is 12.7. The Morgan fingerprint density at radius 3 is 2.59 bits per heavy atom. The minimum atomic E-state index is 0.256. The molecule has 1 aromatic carbocycles. The Labute approximate surface area is 104 Å². The fraction of sp³-hybridized carbons (Fsp3) is 0.533. The highest BCUT2D eigenvalue weighted by Gasteiger charge is 2.10. The van der Waals surface area contributed by atoms with Crippen LogP contribution in [0.4, 0.5) is 0 Å². The van der Waals surface area contributed by atoms with E-state index in [9.17, 15) is 4.79 Å². The van der Waals surface area contributed by atoms with Gasteiger partial charge in [0.1, 0.15) is 5.75 Å². The molecular weight excluding hydrogens is 212 g/mol. The first kappa shape index (κ1) is 13.8. The van der Waals surface area contributed by atoms with Crippen molar-refractivity contribution in [3.63, 3.8) is 0 Å². The highest BCUT2D eigenvalue weighted by molar-refractivity contribution is 5.97. The van der Waals surface area contributed by atoms with Gasteiger partial charge in [-0.25, -0.2) is 0 Å². The zero-order valence-electron chi connectivity index (χ0n) is 11.1. The summed E-state index contributed by atoms with van der Waals surface area (Å²) in [7, 11) is 0. The van der Waals surface area contributed by atoms with Crippen LogP contribution in [0.5, 0.6) is 5.75 Å². The number of hydrogen-bond acceptors (Lipinski definition) is 2. The Hall–Kier alpha value is -1.31. The van der Waals surface area contributed by atoms with Crippen LogP contribution in [-0.4, -0.2) is 12.4 Å². The highest BCUT2D eigenvalue weighted by atomic mass is 16.5. The number of carbonyl (C=O) groups excluding carboxylic acids is 1. The average Bonchev–Trinajstić information content (AvgIpc) is 2.36. The maximum Gasteiger partial charge on any atom is 0.163 e. The van der Waals surface area contributed by atoms with Gasteiger partial charge in [-0.2, -0.15) is 0 Å². The molecule has 0 aromatic heterocycles. The van der Waals surface area contributed by atoms with Crippen molar-refractivity contribution < 1.29 is 9.53 Å². The van der Waals surface area contributed by atoms with Crippen LogP contribution in [-0.2, 0) is 6.42 Å². The Bertz CT molecular complexity index is 369. The van der Waals surface area contributed by atoms with Gasteiger partial charge in [0.15, 0.2) is 5.78 Å². The van der Waals surface area contributed by atoms with Crippen LogP contribution < -0.4 is 4.74 Å². The van der Waals surface area contributed by atoms with Crippen LogP contribution >= 0.6 is 0 Å².